The lowest BCUT2D eigenvalue weighted by Crippen LogP contribution is -2.25. The van der Waals surface area contributed by atoms with Crippen LogP contribution in [0.25, 0.3) is 0 Å². The van der Waals surface area contributed by atoms with Crippen LogP contribution in [0, 0.1) is 0 Å². The van der Waals surface area contributed by atoms with Crippen LogP contribution < -0.4 is 0 Å². The molecule has 0 saturated carbocycles. The maximum Gasteiger partial charge on any atom is 0.239 e. The van der Waals surface area contributed by atoms with E-state index in [0.29, 0.717) is 31.3 Å². The third-order valence-electron chi connectivity index (χ3n) is 2.64. The fraction of sp³-hybridized carbons (Fsp3) is 0.700. The van der Waals surface area contributed by atoms with Gasteiger partial charge >= 0.3 is 0 Å². The van der Waals surface area contributed by atoms with E-state index in [1.54, 1.807) is 7.11 Å². The predicted molar refractivity (Wildman–Crippen MR) is 52.9 cm³/mol. The molecule has 1 aromatic heterocycles. The van der Waals surface area contributed by atoms with E-state index in [0.717, 1.165) is 0 Å². The highest BCUT2D eigenvalue weighted by atomic mass is 16.5. The lowest BCUT2D eigenvalue weighted by atomic mass is 10.0. The number of carbonyl (C=O) groups excluding carboxylic acids is 1. The fourth-order valence-corrected chi connectivity index (χ4v) is 1.51. The molecule has 2 unspecified atom stereocenters. The zero-order chi connectivity index (χ0) is 11.5. The summed E-state index contributed by atoms with van der Waals surface area (Å²) in [5, 5.41) is 3.78. The maximum absolute atomic E-state index is 11.6. The Labute approximate surface area is 92.9 Å². The first-order valence-corrected chi connectivity index (χ1v) is 5.19. The molecule has 1 fully saturated rings. The summed E-state index contributed by atoms with van der Waals surface area (Å²) in [7, 11) is 1.57. The average molecular weight is 226 g/mol. The van der Waals surface area contributed by atoms with E-state index < -0.39 is 5.92 Å². The monoisotopic (exact) mass is 226 g/mol. The van der Waals surface area contributed by atoms with Crippen molar-refractivity contribution < 1.29 is 18.8 Å². The van der Waals surface area contributed by atoms with E-state index in [-0.39, 0.29) is 11.9 Å². The molecule has 0 spiro atoms. The normalized spacial score (nSPS) is 23.4. The minimum Gasteiger partial charge on any atom is -0.380 e. The third-order valence-corrected chi connectivity index (χ3v) is 2.64. The first-order valence-electron chi connectivity index (χ1n) is 5.19. The molecule has 1 saturated heterocycles. The number of Topliss-reactive ketones (excluding diaryl/α,β-unsaturated/α-hetero) is 1. The standard InChI is InChI=1S/C10H14N2O4/c1-6(14-2)9-11-10(16-12-9)7-5-15-4-3-8(7)13/h6-7H,3-5H2,1-2H3. The molecule has 2 heterocycles. The molecule has 0 aliphatic carbocycles. The largest absolute Gasteiger partial charge is 0.380 e. The molecule has 0 radical (unpaired) electrons. The van der Waals surface area contributed by atoms with Crippen molar-refractivity contribution in [2.24, 2.45) is 0 Å². The van der Waals surface area contributed by atoms with Gasteiger partial charge in [-0.1, -0.05) is 5.16 Å². The first kappa shape index (κ1) is 11.2. The smallest absolute Gasteiger partial charge is 0.239 e. The van der Waals surface area contributed by atoms with Gasteiger partial charge in [-0.15, -0.1) is 0 Å². The molecule has 2 atom stereocenters. The Morgan fingerprint density at radius 2 is 2.38 bits per heavy atom. The van der Waals surface area contributed by atoms with Gasteiger partial charge in [0.2, 0.25) is 5.89 Å². The molecule has 1 aliphatic rings. The van der Waals surface area contributed by atoms with Gasteiger partial charge in [-0.3, -0.25) is 4.79 Å². The van der Waals surface area contributed by atoms with Crippen molar-refractivity contribution in [2.75, 3.05) is 20.3 Å². The Hall–Kier alpha value is -1.27. The van der Waals surface area contributed by atoms with Crippen molar-refractivity contribution in [3.05, 3.63) is 11.7 Å². The molecule has 16 heavy (non-hydrogen) atoms. The highest BCUT2D eigenvalue weighted by Gasteiger charge is 2.30. The van der Waals surface area contributed by atoms with E-state index in [1.807, 2.05) is 6.92 Å². The van der Waals surface area contributed by atoms with Crippen molar-refractivity contribution in [1.29, 1.82) is 0 Å². The summed E-state index contributed by atoms with van der Waals surface area (Å²) in [6.45, 7) is 2.61. The van der Waals surface area contributed by atoms with E-state index in [2.05, 4.69) is 10.1 Å². The summed E-state index contributed by atoms with van der Waals surface area (Å²) in [5.74, 6) is 0.449. The Balaban J connectivity index is 2.14. The second kappa shape index (κ2) is 4.71. The molecule has 0 bridgehead atoms. The number of aromatic nitrogens is 2. The van der Waals surface area contributed by atoms with E-state index in [1.165, 1.54) is 0 Å². The van der Waals surface area contributed by atoms with Gasteiger partial charge in [-0.2, -0.15) is 4.98 Å². The molecule has 2 rings (SSSR count). The predicted octanol–water partition coefficient (Wildman–Crippen LogP) is 0.850. The van der Waals surface area contributed by atoms with Gasteiger partial charge in [0.1, 0.15) is 17.8 Å². The third kappa shape index (κ3) is 2.12. The van der Waals surface area contributed by atoms with Crippen LogP contribution in [-0.2, 0) is 14.3 Å². The van der Waals surface area contributed by atoms with Crippen LogP contribution in [-0.4, -0.2) is 36.2 Å². The zero-order valence-electron chi connectivity index (χ0n) is 9.30. The second-order valence-corrected chi connectivity index (χ2v) is 3.71. The quantitative estimate of drug-likeness (QED) is 0.760. The maximum atomic E-state index is 11.6. The molecule has 1 aromatic rings. The van der Waals surface area contributed by atoms with Gasteiger partial charge in [0.05, 0.1) is 13.2 Å². The number of rotatable bonds is 3. The van der Waals surface area contributed by atoms with Gasteiger partial charge in [-0.25, -0.2) is 0 Å². The van der Waals surface area contributed by atoms with Crippen LogP contribution in [0.1, 0.15) is 37.1 Å². The van der Waals surface area contributed by atoms with Crippen molar-refractivity contribution in [1.82, 2.24) is 10.1 Å². The number of hydrogen-bond donors (Lipinski definition) is 0. The summed E-state index contributed by atoms with van der Waals surface area (Å²) in [4.78, 5) is 15.8. The molecule has 1 aliphatic heterocycles. The van der Waals surface area contributed by atoms with Crippen molar-refractivity contribution in [2.45, 2.75) is 25.4 Å². The molecular weight excluding hydrogens is 212 g/mol. The van der Waals surface area contributed by atoms with Crippen LogP contribution in [0.5, 0.6) is 0 Å². The zero-order valence-corrected chi connectivity index (χ0v) is 9.30. The van der Waals surface area contributed by atoms with Crippen LogP contribution in [0.4, 0.5) is 0 Å². The number of methoxy groups -OCH3 is 1. The van der Waals surface area contributed by atoms with Crippen LogP contribution in [0.15, 0.2) is 4.52 Å². The fourth-order valence-electron chi connectivity index (χ4n) is 1.51. The second-order valence-electron chi connectivity index (χ2n) is 3.71. The number of hydrogen-bond acceptors (Lipinski definition) is 6. The molecule has 0 N–H and O–H groups in total. The van der Waals surface area contributed by atoms with Crippen LogP contribution >= 0.6 is 0 Å². The Kier molecular flexibility index (Phi) is 3.31. The highest BCUT2D eigenvalue weighted by Crippen LogP contribution is 2.22. The molecule has 88 valence electrons. The summed E-state index contributed by atoms with van der Waals surface area (Å²) in [5.41, 5.74) is 0. The van der Waals surface area contributed by atoms with Crippen LogP contribution in [0.3, 0.4) is 0 Å². The lowest BCUT2D eigenvalue weighted by molar-refractivity contribution is -0.127. The van der Waals surface area contributed by atoms with E-state index in [4.69, 9.17) is 14.0 Å². The number of ether oxygens (including phenoxy) is 2. The SMILES string of the molecule is COC(C)c1noc(C2COCCC2=O)n1. The van der Waals surface area contributed by atoms with Gasteiger partial charge in [-0.05, 0) is 6.92 Å². The average Bonchev–Trinajstić information content (AvgIpc) is 2.78. The number of ketones is 1. The van der Waals surface area contributed by atoms with Crippen LogP contribution in [0.2, 0.25) is 0 Å². The Morgan fingerprint density at radius 3 is 3.06 bits per heavy atom. The van der Waals surface area contributed by atoms with E-state index in [9.17, 15) is 4.79 Å². The lowest BCUT2D eigenvalue weighted by Gasteiger charge is -2.17. The summed E-state index contributed by atoms with van der Waals surface area (Å²) < 4.78 is 15.3. The van der Waals surface area contributed by atoms with E-state index >= 15 is 0 Å². The number of nitrogens with zero attached hydrogens (tertiary/aromatic N) is 2. The summed E-state index contributed by atoms with van der Waals surface area (Å²) >= 11 is 0. The number of carbonyl (C=O) groups is 1. The molecule has 0 aromatic carbocycles. The minimum absolute atomic E-state index is 0.0894. The van der Waals surface area contributed by atoms with Crippen molar-refractivity contribution in [3.8, 4) is 0 Å². The van der Waals surface area contributed by atoms with Gasteiger partial charge < -0.3 is 14.0 Å². The Bertz CT molecular complexity index is 377. The molecule has 0 amide bonds. The van der Waals surface area contributed by atoms with Crippen molar-refractivity contribution in [3.63, 3.8) is 0 Å². The highest BCUT2D eigenvalue weighted by molar-refractivity contribution is 5.85. The summed E-state index contributed by atoms with van der Waals surface area (Å²) in [6.07, 6.45) is 0.166. The first-order chi connectivity index (χ1) is 7.72. The molecule has 6 nitrogen and oxygen atoms in total. The Morgan fingerprint density at radius 1 is 1.56 bits per heavy atom. The van der Waals surface area contributed by atoms with Gasteiger partial charge in [0.25, 0.3) is 0 Å². The van der Waals surface area contributed by atoms with Gasteiger partial charge in [0, 0.05) is 13.5 Å². The summed E-state index contributed by atoms with van der Waals surface area (Å²) in [6, 6.07) is 0. The molecular formula is C10H14N2O4. The van der Waals surface area contributed by atoms with Gasteiger partial charge in [0.15, 0.2) is 5.82 Å². The topological polar surface area (TPSA) is 74.5 Å². The van der Waals surface area contributed by atoms with Crippen molar-refractivity contribution >= 4 is 5.78 Å². The minimum atomic E-state index is -0.418. The molecule has 6 heteroatoms.